The molecule has 0 fully saturated rings. The minimum absolute atomic E-state index is 0.0438. The van der Waals surface area contributed by atoms with Crippen molar-refractivity contribution in [2.45, 2.75) is 32.9 Å². The minimum atomic E-state index is -0.266. The smallest absolute Gasteiger partial charge is 0.170 e. The van der Waals surface area contributed by atoms with Crippen LogP contribution in [0.1, 0.15) is 26.3 Å². The lowest BCUT2D eigenvalue weighted by Gasteiger charge is -2.22. The second-order valence-corrected chi connectivity index (χ2v) is 5.63. The van der Waals surface area contributed by atoms with Crippen LogP contribution in [-0.2, 0) is 11.3 Å². The van der Waals surface area contributed by atoms with Gasteiger partial charge in [-0.2, -0.15) is 0 Å². The number of nitrogens with one attached hydrogen (secondary N) is 1. The quantitative estimate of drug-likeness (QED) is 0.859. The Balaban J connectivity index is 2.80. The second kappa shape index (κ2) is 6.82. The molecule has 0 aliphatic rings. The first kappa shape index (κ1) is 15.9. The van der Waals surface area contributed by atoms with Crippen LogP contribution in [0.3, 0.4) is 0 Å². The average Bonchev–Trinajstić information content (AvgIpc) is 2.33. The maximum atomic E-state index is 14.3. The van der Waals surface area contributed by atoms with E-state index in [2.05, 4.69) is 31.1 Å². The van der Waals surface area contributed by atoms with E-state index in [-0.39, 0.29) is 11.4 Å². The van der Waals surface area contributed by atoms with Gasteiger partial charge in [0.1, 0.15) is 0 Å². The molecule has 0 aliphatic carbocycles. The highest BCUT2D eigenvalue weighted by Crippen LogP contribution is 2.18. The zero-order chi connectivity index (χ0) is 14.5. The summed E-state index contributed by atoms with van der Waals surface area (Å²) < 4.78 is 19.3. The monoisotopic (exact) mass is 269 g/mol. The van der Waals surface area contributed by atoms with Gasteiger partial charge in [-0.3, -0.25) is 0 Å². The molecule has 1 rings (SSSR count). The van der Waals surface area contributed by atoms with Crippen molar-refractivity contribution in [3.8, 4) is 0 Å². The van der Waals surface area contributed by atoms with Crippen molar-refractivity contribution in [2.24, 2.45) is 0 Å². The Morgan fingerprint density at radius 2 is 2.11 bits per heavy atom. The van der Waals surface area contributed by atoms with Crippen LogP contribution in [0.4, 0.5) is 10.2 Å². The number of rotatable bonds is 6. The third kappa shape index (κ3) is 5.12. The van der Waals surface area contributed by atoms with E-state index in [1.54, 1.807) is 24.3 Å². The summed E-state index contributed by atoms with van der Waals surface area (Å²) in [5, 5.41) is 3.28. The van der Waals surface area contributed by atoms with E-state index in [9.17, 15) is 4.39 Å². The van der Waals surface area contributed by atoms with Crippen LogP contribution in [-0.4, -0.2) is 37.8 Å². The Morgan fingerprint density at radius 1 is 1.42 bits per heavy atom. The maximum Gasteiger partial charge on any atom is 0.170 e. The van der Waals surface area contributed by atoms with E-state index in [4.69, 9.17) is 4.74 Å². The van der Waals surface area contributed by atoms with E-state index >= 15 is 0 Å². The molecule has 0 spiro atoms. The molecule has 0 saturated heterocycles. The zero-order valence-electron chi connectivity index (χ0n) is 12.5. The van der Waals surface area contributed by atoms with Gasteiger partial charge in [0.05, 0.1) is 6.61 Å². The Morgan fingerprint density at radius 3 is 2.68 bits per heavy atom. The van der Waals surface area contributed by atoms with E-state index < -0.39 is 0 Å². The molecule has 0 atom stereocenters. The molecule has 0 saturated carbocycles. The van der Waals surface area contributed by atoms with Gasteiger partial charge < -0.3 is 15.0 Å². The SMILES string of the molecule is COCCN(C)c1nccc(CNC(C)(C)C)c1F. The number of anilines is 1. The minimum Gasteiger partial charge on any atom is -0.383 e. The molecule has 0 unspecified atom stereocenters. The van der Waals surface area contributed by atoms with E-state index in [1.807, 2.05) is 7.05 Å². The number of pyridine rings is 1. The zero-order valence-corrected chi connectivity index (χ0v) is 12.5. The van der Waals surface area contributed by atoms with Gasteiger partial charge in [-0.25, -0.2) is 9.37 Å². The first-order valence-corrected chi connectivity index (χ1v) is 6.43. The molecule has 0 aromatic carbocycles. The summed E-state index contributed by atoms with van der Waals surface area (Å²) >= 11 is 0. The van der Waals surface area contributed by atoms with E-state index in [0.29, 0.717) is 31.1 Å². The summed E-state index contributed by atoms with van der Waals surface area (Å²) in [7, 11) is 3.44. The summed E-state index contributed by atoms with van der Waals surface area (Å²) in [6, 6.07) is 1.71. The lowest BCUT2D eigenvalue weighted by Crippen LogP contribution is -2.35. The van der Waals surface area contributed by atoms with Crippen molar-refractivity contribution in [2.75, 3.05) is 32.2 Å². The highest BCUT2D eigenvalue weighted by Gasteiger charge is 2.15. The third-order valence-electron chi connectivity index (χ3n) is 2.75. The summed E-state index contributed by atoms with van der Waals surface area (Å²) in [5.74, 6) is 0.100. The fourth-order valence-corrected chi connectivity index (χ4v) is 1.57. The van der Waals surface area contributed by atoms with Crippen LogP contribution in [0, 0.1) is 5.82 Å². The molecule has 0 amide bonds. The summed E-state index contributed by atoms with van der Waals surface area (Å²) in [4.78, 5) is 5.87. The summed E-state index contributed by atoms with van der Waals surface area (Å²) in [5.41, 5.74) is 0.585. The van der Waals surface area contributed by atoms with Gasteiger partial charge in [-0.1, -0.05) is 0 Å². The topological polar surface area (TPSA) is 37.4 Å². The second-order valence-electron chi connectivity index (χ2n) is 5.63. The Bertz CT molecular complexity index is 404. The van der Waals surface area contributed by atoms with Crippen LogP contribution < -0.4 is 10.2 Å². The van der Waals surface area contributed by atoms with E-state index in [0.717, 1.165) is 0 Å². The number of aromatic nitrogens is 1. The molecular formula is C14H24FN3O. The Kier molecular flexibility index (Phi) is 5.69. The van der Waals surface area contributed by atoms with E-state index in [1.165, 1.54) is 0 Å². The molecule has 5 heteroatoms. The van der Waals surface area contributed by atoms with Crippen molar-refractivity contribution in [3.63, 3.8) is 0 Å². The molecule has 0 bridgehead atoms. The standard InChI is InChI=1S/C14H24FN3O/c1-14(2,3)17-10-11-6-7-16-13(12(11)15)18(4)8-9-19-5/h6-7,17H,8-10H2,1-5H3. The molecule has 108 valence electrons. The number of likely N-dealkylation sites (N-methyl/N-ethyl adjacent to an activating group) is 1. The van der Waals surface area contributed by atoms with Crippen LogP contribution in [0.5, 0.6) is 0 Å². The van der Waals surface area contributed by atoms with Crippen molar-refractivity contribution < 1.29 is 9.13 Å². The first-order chi connectivity index (χ1) is 8.85. The van der Waals surface area contributed by atoms with Crippen LogP contribution in [0.2, 0.25) is 0 Å². The van der Waals surface area contributed by atoms with Gasteiger partial charge in [0.2, 0.25) is 0 Å². The largest absolute Gasteiger partial charge is 0.383 e. The number of hydrogen-bond acceptors (Lipinski definition) is 4. The first-order valence-electron chi connectivity index (χ1n) is 6.43. The van der Waals surface area contributed by atoms with Crippen molar-refractivity contribution >= 4 is 5.82 Å². The predicted octanol–water partition coefficient (Wildman–Crippen LogP) is 2.19. The third-order valence-corrected chi connectivity index (χ3v) is 2.75. The molecule has 19 heavy (non-hydrogen) atoms. The number of halogens is 1. The van der Waals surface area contributed by atoms with Crippen molar-refractivity contribution in [1.82, 2.24) is 10.3 Å². The van der Waals surface area contributed by atoms with Gasteiger partial charge in [0.15, 0.2) is 11.6 Å². The molecule has 1 aromatic heterocycles. The van der Waals surface area contributed by atoms with Gasteiger partial charge in [0, 0.05) is 44.5 Å². The maximum absolute atomic E-state index is 14.3. The van der Waals surface area contributed by atoms with Crippen LogP contribution >= 0.6 is 0 Å². The van der Waals surface area contributed by atoms with Crippen molar-refractivity contribution in [3.05, 3.63) is 23.6 Å². The fraction of sp³-hybridized carbons (Fsp3) is 0.643. The molecule has 1 heterocycles. The Labute approximate surface area is 115 Å². The lowest BCUT2D eigenvalue weighted by atomic mass is 10.1. The molecule has 0 aliphatic heterocycles. The number of methoxy groups -OCH3 is 1. The average molecular weight is 269 g/mol. The number of ether oxygens (including phenoxy) is 1. The fourth-order valence-electron chi connectivity index (χ4n) is 1.57. The van der Waals surface area contributed by atoms with Gasteiger partial charge in [0.25, 0.3) is 0 Å². The normalized spacial score (nSPS) is 11.7. The molecule has 0 radical (unpaired) electrons. The summed E-state index contributed by atoms with van der Waals surface area (Å²) in [6.45, 7) is 7.80. The molecule has 1 N–H and O–H groups in total. The molecule has 4 nitrogen and oxygen atoms in total. The van der Waals surface area contributed by atoms with Gasteiger partial charge in [-0.05, 0) is 26.8 Å². The predicted molar refractivity (Wildman–Crippen MR) is 75.9 cm³/mol. The molecule has 1 aromatic rings. The van der Waals surface area contributed by atoms with Crippen LogP contribution in [0.25, 0.3) is 0 Å². The molecular weight excluding hydrogens is 245 g/mol. The Hall–Kier alpha value is -1.20. The summed E-state index contributed by atoms with van der Waals surface area (Å²) in [6.07, 6.45) is 1.64. The number of hydrogen-bond donors (Lipinski definition) is 1. The van der Waals surface area contributed by atoms with Crippen LogP contribution in [0.15, 0.2) is 12.3 Å². The van der Waals surface area contributed by atoms with Gasteiger partial charge >= 0.3 is 0 Å². The highest BCUT2D eigenvalue weighted by atomic mass is 19.1. The lowest BCUT2D eigenvalue weighted by molar-refractivity contribution is 0.206. The van der Waals surface area contributed by atoms with Gasteiger partial charge in [-0.15, -0.1) is 0 Å². The highest BCUT2D eigenvalue weighted by molar-refractivity contribution is 5.42. The van der Waals surface area contributed by atoms with Crippen molar-refractivity contribution in [1.29, 1.82) is 0 Å². The number of nitrogens with zero attached hydrogens (tertiary/aromatic N) is 2.